The highest BCUT2D eigenvalue weighted by molar-refractivity contribution is 7.80. The number of halogens is 3. The van der Waals surface area contributed by atoms with Gasteiger partial charge in [-0.2, -0.15) is 0 Å². The van der Waals surface area contributed by atoms with Gasteiger partial charge in [-0.15, -0.1) is 0 Å². The number of alkyl halides is 3. The molecule has 0 aliphatic carbocycles. The Hall–Kier alpha value is -2.52. The van der Waals surface area contributed by atoms with E-state index in [1.807, 2.05) is 36.4 Å². The lowest BCUT2D eigenvalue weighted by Crippen LogP contribution is -2.56. The van der Waals surface area contributed by atoms with Gasteiger partial charge in [-0.1, -0.05) is 71.2 Å². The van der Waals surface area contributed by atoms with Gasteiger partial charge in [0.1, 0.15) is 11.9 Å². The highest BCUT2D eigenvalue weighted by Crippen LogP contribution is 2.29. The molecule has 0 spiro atoms. The Kier molecular flexibility index (Phi) is 7.74. The lowest BCUT2D eigenvalue weighted by molar-refractivity contribution is 0.0934. The van der Waals surface area contributed by atoms with E-state index in [0.29, 0.717) is 16.9 Å². The molecule has 7 nitrogen and oxygen atoms in total. The Morgan fingerprint density at radius 2 is 1.61 bits per heavy atom. The van der Waals surface area contributed by atoms with Gasteiger partial charge in [0.2, 0.25) is 3.79 Å². The van der Waals surface area contributed by atoms with Crippen LogP contribution in [0.3, 0.4) is 0 Å². The lowest BCUT2D eigenvalue weighted by atomic mass is 10.1. The lowest BCUT2D eigenvalue weighted by Gasteiger charge is -2.28. The maximum atomic E-state index is 13.1. The summed E-state index contributed by atoms with van der Waals surface area (Å²) in [6.07, 6.45) is -1.17. The van der Waals surface area contributed by atoms with Gasteiger partial charge < -0.3 is 16.0 Å². The first kappa shape index (κ1) is 25.1. The summed E-state index contributed by atoms with van der Waals surface area (Å²) in [7, 11) is 1.76. The van der Waals surface area contributed by atoms with Gasteiger partial charge >= 0.3 is 0 Å². The van der Waals surface area contributed by atoms with Crippen molar-refractivity contribution in [2.45, 2.75) is 23.8 Å². The summed E-state index contributed by atoms with van der Waals surface area (Å²) in [5, 5.41) is 8.30. The summed E-state index contributed by atoms with van der Waals surface area (Å²) in [6, 6.07) is 16.2. The molecule has 0 bridgehead atoms. The quantitative estimate of drug-likeness (QED) is 0.264. The van der Waals surface area contributed by atoms with Gasteiger partial charge in [-0.25, -0.2) is 4.68 Å². The van der Waals surface area contributed by atoms with Crippen molar-refractivity contribution in [2.24, 2.45) is 7.05 Å². The second kappa shape index (κ2) is 10.2. The molecule has 11 heteroatoms. The van der Waals surface area contributed by atoms with E-state index in [-0.39, 0.29) is 16.4 Å². The fraction of sp³-hybridized carbons (Fsp3) is 0.227. The number of nitrogens with zero attached hydrogens (tertiary/aromatic N) is 2. The number of para-hydroxylation sites is 1. The number of anilines is 1. The molecule has 0 radical (unpaired) electrons. The summed E-state index contributed by atoms with van der Waals surface area (Å²) >= 11 is 23.6. The van der Waals surface area contributed by atoms with Crippen molar-refractivity contribution < 1.29 is 4.79 Å². The molecule has 0 fully saturated rings. The van der Waals surface area contributed by atoms with Crippen molar-refractivity contribution in [3.8, 4) is 5.69 Å². The van der Waals surface area contributed by atoms with E-state index in [1.165, 1.54) is 4.68 Å². The predicted octanol–water partition coefficient (Wildman–Crippen LogP) is 4.21. The number of hydrogen-bond acceptors (Lipinski definition) is 3. The van der Waals surface area contributed by atoms with Crippen molar-refractivity contribution in [2.75, 3.05) is 5.32 Å². The summed E-state index contributed by atoms with van der Waals surface area (Å²) in [6.45, 7) is 3.58. The number of benzene rings is 2. The molecule has 0 saturated heterocycles. The maximum Gasteiger partial charge on any atom is 0.295 e. The zero-order chi connectivity index (χ0) is 24.3. The van der Waals surface area contributed by atoms with Gasteiger partial charge in [0.05, 0.1) is 11.4 Å². The number of nitrogens with one attached hydrogen (secondary N) is 3. The zero-order valence-electron chi connectivity index (χ0n) is 18.0. The number of rotatable bonds is 5. The molecule has 33 heavy (non-hydrogen) atoms. The average Bonchev–Trinajstić information content (AvgIpc) is 2.96. The summed E-state index contributed by atoms with van der Waals surface area (Å²) in [4.78, 5) is 25.8. The van der Waals surface area contributed by atoms with Gasteiger partial charge in [-0.3, -0.25) is 14.3 Å². The Morgan fingerprint density at radius 1 is 1.00 bits per heavy atom. The van der Waals surface area contributed by atoms with Crippen LogP contribution in [0.2, 0.25) is 0 Å². The number of carbonyl (C=O) groups excluding carboxylic acids is 1. The van der Waals surface area contributed by atoms with Crippen molar-refractivity contribution in [3.63, 3.8) is 0 Å². The summed E-state index contributed by atoms with van der Waals surface area (Å²) in [5.41, 5.74) is 2.49. The number of hydrogen-bond donors (Lipinski definition) is 3. The third kappa shape index (κ3) is 5.70. The third-order valence-corrected chi connectivity index (χ3v) is 5.94. The Morgan fingerprint density at radius 3 is 2.21 bits per heavy atom. The van der Waals surface area contributed by atoms with Crippen LogP contribution in [0.15, 0.2) is 59.4 Å². The molecule has 1 unspecified atom stereocenters. The van der Waals surface area contributed by atoms with Crippen LogP contribution in [0.4, 0.5) is 5.69 Å². The normalized spacial score (nSPS) is 12.2. The van der Waals surface area contributed by atoms with E-state index in [9.17, 15) is 9.59 Å². The number of aryl methyl sites for hydroxylation is 1. The molecule has 1 heterocycles. The second-order valence-corrected chi connectivity index (χ2v) is 10.1. The van der Waals surface area contributed by atoms with Crippen molar-refractivity contribution in [1.82, 2.24) is 20.0 Å². The van der Waals surface area contributed by atoms with Gasteiger partial charge in [-0.05, 0) is 49.8 Å². The second-order valence-electron chi connectivity index (χ2n) is 7.30. The van der Waals surface area contributed by atoms with Gasteiger partial charge in [0.25, 0.3) is 11.5 Å². The Balaban J connectivity index is 1.81. The van der Waals surface area contributed by atoms with E-state index < -0.39 is 15.9 Å². The first-order valence-electron chi connectivity index (χ1n) is 9.85. The van der Waals surface area contributed by atoms with E-state index in [0.717, 1.165) is 5.56 Å². The average molecular weight is 527 g/mol. The fourth-order valence-corrected chi connectivity index (χ4v) is 3.78. The summed E-state index contributed by atoms with van der Waals surface area (Å²) in [5.74, 6) is -0.443. The predicted molar refractivity (Wildman–Crippen MR) is 138 cm³/mol. The SMILES string of the molecule is Cc1ccccc1C(=O)NC(NC(=S)Nc1c(C)n(C)n(-c2ccccc2)c1=O)C(Cl)(Cl)Cl. The molecule has 1 atom stereocenters. The van der Waals surface area contributed by atoms with Crippen molar-refractivity contribution >= 4 is 63.7 Å². The van der Waals surface area contributed by atoms with E-state index >= 15 is 0 Å². The molecule has 3 N–H and O–H groups in total. The minimum atomic E-state index is -1.93. The molecular weight excluding hydrogens is 505 g/mol. The highest BCUT2D eigenvalue weighted by atomic mass is 35.6. The Bertz CT molecular complexity index is 1240. The molecule has 0 aliphatic rings. The first-order chi connectivity index (χ1) is 15.5. The van der Waals surface area contributed by atoms with Crippen LogP contribution in [0, 0.1) is 13.8 Å². The van der Waals surface area contributed by atoms with Gasteiger partial charge in [0.15, 0.2) is 5.11 Å². The molecular formula is C22H22Cl3N5O2S. The van der Waals surface area contributed by atoms with Crippen LogP contribution in [0.25, 0.3) is 5.69 Å². The van der Waals surface area contributed by atoms with Crippen LogP contribution in [0.1, 0.15) is 21.6 Å². The minimum absolute atomic E-state index is 0.00224. The number of aromatic nitrogens is 2. The van der Waals surface area contributed by atoms with Crippen molar-refractivity contribution in [3.05, 3.63) is 81.8 Å². The molecule has 0 aliphatic heterocycles. The fourth-order valence-electron chi connectivity index (χ4n) is 3.23. The largest absolute Gasteiger partial charge is 0.339 e. The van der Waals surface area contributed by atoms with Crippen molar-refractivity contribution in [1.29, 1.82) is 0 Å². The van der Waals surface area contributed by atoms with Crippen LogP contribution < -0.4 is 21.5 Å². The summed E-state index contributed by atoms with van der Waals surface area (Å²) < 4.78 is 1.28. The Labute approximate surface area is 211 Å². The molecule has 1 aromatic heterocycles. The van der Waals surface area contributed by atoms with E-state index in [1.54, 1.807) is 43.8 Å². The zero-order valence-corrected chi connectivity index (χ0v) is 21.1. The first-order valence-corrected chi connectivity index (χ1v) is 11.4. The topological polar surface area (TPSA) is 80.1 Å². The van der Waals surface area contributed by atoms with Crippen LogP contribution >= 0.6 is 47.0 Å². The highest BCUT2D eigenvalue weighted by Gasteiger charge is 2.35. The van der Waals surface area contributed by atoms with E-state index in [2.05, 4.69) is 16.0 Å². The number of thiocarbonyl (C=S) groups is 1. The molecule has 1 amide bonds. The third-order valence-electron chi connectivity index (χ3n) is 5.06. The molecule has 2 aromatic carbocycles. The van der Waals surface area contributed by atoms with Crippen LogP contribution in [-0.4, -0.2) is 30.3 Å². The number of amides is 1. The van der Waals surface area contributed by atoms with Gasteiger partial charge in [0, 0.05) is 12.6 Å². The molecule has 3 rings (SSSR count). The minimum Gasteiger partial charge on any atom is -0.339 e. The van der Waals surface area contributed by atoms with Crippen LogP contribution in [-0.2, 0) is 7.05 Å². The maximum absolute atomic E-state index is 13.1. The monoisotopic (exact) mass is 525 g/mol. The van der Waals surface area contributed by atoms with E-state index in [4.69, 9.17) is 47.0 Å². The smallest absolute Gasteiger partial charge is 0.295 e. The number of carbonyl (C=O) groups is 1. The molecule has 3 aromatic rings. The van der Waals surface area contributed by atoms with Crippen LogP contribution in [0.5, 0.6) is 0 Å². The standard InChI is InChI=1S/C22H22Cl3N5O2S/c1-13-9-7-8-12-16(13)18(31)27-20(22(23,24)25)28-21(33)26-17-14(2)29(3)30(19(17)32)15-10-5-4-6-11-15/h4-12,20H,1-3H3,(H,27,31)(H2,26,28,33). The molecule has 0 saturated carbocycles. The molecule has 174 valence electrons.